The van der Waals surface area contributed by atoms with Crippen LogP contribution in [-0.2, 0) is 20.9 Å². The average Bonchev–Trinajstić information content (AvgIpc) is 3.14. The van der Waals surface area contributed by atoms with E-state index in [4.69, 9.17) is 4.74 Å². The SMILES string of the molecule is CCCCC(=O)N1Cc2ccnn2C(CC(=O)NCC2CCOCC2)C1. The molecule has 2 amide bonds. The van der Waals surface area contributed by atoms with Crippen molar-refractivity contribution in [1.29, 1.82) is 0 Å². The molecule has 0 radical (unpaired) electrons. The van der Waals surface area contributed by atoms with E-state index in [1.165, 1.54) is 0 Å². The smallest absolute Gasteiger partial charge is 0.222 e. The van der Waals surface area contributed by atoms with Crippen LogP contribution in [-0.4, -0.2) is 52.8 Å². The number of amides is 2. The predicted molar refractivity (Wildman–Crippen MR) is 97.4 cm³/mol. The van der Waals surface area contributed by atoms with E-state index in [1.54, 1.807) is 6.20 Å². The van der Waals surface area contributed by atoms with Gasteiger partial charge in [0.2, 0.25) is 11.8 Å². The number of unbranched alkanes of at least 4 members (excludes halogenated alkanes) is 1. The van der Waals surface area contributed by atoms with Crippen molar-refractivity contribution in [3.63, 3.8) is 0 Å². The second-order valence-corrected chi connectivity index (χ2v) is 7.36. The molecule has 0 aromatic carbocycles. The van der Waals surface area contributed by atoms with Gasteiger partial charge in [-0.15, -0.1) is 0 Å². The van der Waals surface area contributed by atoms with Crippen LogP contribution in [0.4, 0.5) is 0 Å². The first-order chi connectivity index (χ1) is 12.7. The second-order valence-electron chi connectivity index (χ2n) is 7.36. The van der Waals surface area contributed by atoms with Crippen LogP contribution in [0.25, 0.3) is 0 Å². The van der Waals surface area contributed by atoms with E-state index in [9.17, 15) is 9.59 Å². The number of hydrogen-bond acceptors (Lipinski definition) is 4. The number of ether oxygens (including phenoxy) is 1. The Morgan fingerprint density at radius 2 is 2.15 bits per heavy atom. The molecule has 2 aliphatic rings. The van der Waals surface area contributed by atoms with Gasteiger partial charge < -0.3 is 15.0 Å². The van der Waals surface area contributed by atoms with Crippen molar-refractivity contribution in [2.75, 3.05) is 26.3 Å². The highest BCUT2D eigenvalue weighted by atomic mass is 16.5. The molecular weight excluding hydrogens is 332 g/mol. The van der Waals surface area contributed by atoms with Crippen molar-refractivity contribution < 1.29 is 14.3 Å². The summed E-state index contributed by atoms with van der Waals surface area (Å²) >= 11 is 0. The van der Waals surface area contributed by atoms with Crippen LogP contribution in [0.1, 0.15) is 57.2 Å². The largest absolute Gasteiger partial charge is 0.381 e. The lowest BCUT2D eigenvalue weighted by Crippen LogP contribution is -2.43. The van der Waals surface area contributed by atoms with Crippen LogP contribution in [0.5, 0.6) is 0 Å². The molecule has 1 saturated heterocycles. The molecule has 7 nitrogen and oxygen atoms in total. The van der Waals surface area contributed by atoms with E-state index in [0.717, 1.165) is 44.6 Å². The van der Waals surface area contributed by atoms with E-state index in [2.05, 4.69) is 17.3 Å². The molecular formula is C19H30N4O3. The van der Waals surface area contributed by atoms with E-state index in [1.807, 2.05) is 15.6 Å². The Labute approximate surface area is 155 Å². The van der Waals surface area contributed by atoms with Crippen LogP contribution >= 0.6 is 0 Å². The Hall–Kier alpha value is -1.89. The lowest BCUT2D eigenvalue weighted by atomic mass is 10.0. The number of nitrogens with zero attached hydrogens (tertiary/aromatic N) is 3. The lowest BCUT2D eigenvalue weighted by Gasteiger charge is -2.34. The average molecular weight is 362 g/mol. The fourth-order valence-electron chi connectivity index (χ4n) is 3.71. The highest BCUT2D eigenvalue weighted by molar-refractivity contribution is 5.78. The van der Waals surface area contributed by atoms with Gasteiger partial charge in [0.1, 0.15) is 0 Å². The van der Waals surface area contributed by atoms with Crippen LogP contribution < -0.4 is 5.32 Å². The Balaban J connectivity index is 1.55. The lowest BCUT2D eigenvalue weighted by molar-refractivity contribution is -0.134. The van der Waals surface area contributed by atoms with Gasteiger partial charge >= 0.3 is 0 Å². The minimum Gasteiger partial charge on any atom is -0.381 e. The normalized spacial score (nSPS) is 20.7. The summed E-state index contributed by atoms with van der Waals surface area (Å²) in [4.78, 5) is 26.8. The Kier molecular flexibility index (Phi) is 6.66. The van der Waals surface area contributed by atoms with Gasteiger partial charge in [-0.1, -0.05) is 13.3 Å². The molecule has 26 heavy (non-hydrogen) atoms. The molecule has 0 saturated carbocycles. The van der Waals surface area contributed by atoms with Crippen molar-refractivity contribution in [3.8, 4) is 0 Å². The molecule has 3 heterocycles. The third kappa shape index (κ3) is 4.84. The van der Waals surface area contributed by atoms with Crippen molar-refractivity contribution in [2.24, 2.45) is 5.92 Å². The molecule has 1 atom stereocenters. The fraction of sp³-hybridized carbons (Fsp3) is 0.737. The standard InChI is InChI=1S/C19H30N4O3/c1-2-3-4-19(25)22-13-16-5-8-21-23(16)17(14-22)11-18(24)20-12-15-6-9-26-10-7-15/h5,8,15,17H,2-4,6-7,9-14H2,1H3,(H,20,24). The van der Waals surface area contributed by atoms with Crippen molar-refractivity contribution in [3.05, 3.63) is 18.0 Å². The van der Waals surface area contributed by atoms with Crippen molar-refractivity contribution >= 4 is 11.8 Å². The summed E-state index contributed by atoms with van der Waals surface area (Å²) in [6, 6.07) is 1.85. The zero-order valence-electron chi connectivity index (χ0n) is 15.7. The molecule has 144 valence electrons. The molecule has 1 N–H and O–H groups in total. The van der Waals surface area contributed by atoms with E-state index < -0.39 is 0 Å². The summed E-state index contributed by atoms with van der Waals surface area (Å²) in [6.45, 7) is 5.51. The summed E-state index contributed by atoms with van der Waals surface area (Å²) in [5.41, 5.74) is 1.00. The molecule has 0 spiro atoms. The Morgan fingerprint density at radius 3 is 2.92 bits per heavy atom. The highest BCUT2D eigenvalue weighted by Gasteiger charge is 2.29. The molecule has 1 fully saturated rings. The zero-order valence-corrected chi connectivity index (χ0v) is 15.7. The zero-order chi connectivity index (χ0) is 18.4. The number of fused-ring (bicyclic) bond motifs is 1. The van der Waals surface area contributed by atoms with Crippen LogP contribution in [0.3, 0.4) is 0 Å². The summed E-state index contributed by atoms with van der Waals surface area (Å²) in [6.07, 6.45) is 6.62. The minimum absolute atomic E-state index is 0.0331. The predicted octanol–water partition coefficient (Wildman–Crippen LogP) is 1.89. The van der Waals surface area contributed by atoms with Crippen LogP contribution in [0, 0.1) is 5.92 Å². The highest BCUT2D eigenvalue weighted by Crippen LogP contribution is 2.24. The van der Waals surface area contributed by atoms with Gasteiger partial charge in [-0.25, -0.2) is 0 Å². The number of aromatic nitrogens is 2. The molecule has 0 bridgehead atoms. The number of hydrogen-bond donors (Lipinski definition) is 1. The Bertz CT molecular complexity index is 610. The van der Waals surface area contributed by atoms with E-state index in [-0.39, 0.29) is 17.9 Å². The van der Waals surface area contributed by atoms with Gasteiger partial charge in [-0.3, -0.25) is 14.3 Å². The monoisotopic (exact) mass is 362 g/mol. The maximum atomic E-state index is 12.4. The molecule has 2 aliphatic heterocycles. The summed E-state index contributed by atoms with van der Waals surface area (Å²) in [7, 11) is 0. The number of rotatable bonds is 7. The first kappa shape index (κ1) is 18.9. The number of carbonyl (C=O) groups is 2. The van der Waals surface area contributed by atoms with E-state index >= 15 is 0 Å². The molecule has 3 rings (SSSR count). The van der Waals surface area contributed by atoms with Gasteiger partial charge in [-0.2, -0.15) is 5.10 Å². The van der Waals surface area contributed by atoms with E-state index in [0.29, 0.717) is 38.4 Å². The van der Waals surface area contributed by atoms with Crippen molar-refractivity contribution in [1.82, 2.24) is 20.0 Å². The van der Waals surface area contributed by atoms with Gasteiger partial charge in [0.05, 0.1) is 24.7 Å². The maximum Gasteiger partial charge on any atom is 0.222 e. The van der Waals surface area contributed by atoms with Gasteiger partial charge in [0, 0.05) is 38.9 Å². The second kappa shape index (κ2) is 9.16. The topological polar surface area (TPSA) is 76.5 Å². The fourth-order valence-corrected chi connectivity index (χ4v) is 3.71. The molecule has 7 heteroatoms. The molecule has 1 aromatic rings. The number of nitrogens with one attached hydrogen (secondary N) is 1. The Morgan fingerprint density at radius 1 is 1.35 bits per heavy atom. The maximum absolute atomic E-state index is 12.4. The van der Waals surface area contributed by atoms with Crippen LogP contribution in [0.15, 0.2) is 12.3 Å². The first-order valence-electron chi connectivity index (χ1n) is 9.82. The van der Waals surface area contributed by atoms with Crippen molar-refractivity contribution in [2.45, 2.75) is 58.0 Å². The molecule has 1 aromatic heterocycles. The van der Waals surface area contributed by atoms with Gasteiger partial charge in [0.25, 0.3) is 0 Å². The minimum atomic E-state index is -0.0889. The summed E-state index contributed by atoms with van der Waals surface area (Å²) < 4.78 is 7.27. The summed E-state index contributed by atoms with van der Waals surface area (Å²) in [5.74, 6) is 0.712. The summed E-state index contributed by atoms with van der Waals surface area (Å²) in [5, 5.41) is 7.44. The molecule has 1 unspecified atom stereocenters. The quantitative estimate of drug-likeness (QED) is 0.804. The number of carbonyl (C=O) groups excluding carboxylic acids is 2. The van der Waals surface area contributed by atoms with Crippen LogP contribution in [0.2, 0.25) is 0 Å². The van der Waals surface area contributed by atoms with Gasteiger partial charge in [-0.05, 0) is 31.2 Å². The third-order valence-electron chi connectivity index (χ3n) is 5.33. The first-order valence-corrected chi connectivity index (χ1v) is 9.82. The van der Waals surface area contributed by atoms with Gasteiger partial charge in [0.15, 0.2) is 0 Å². The molecule has 0 aliphatic carbocycles. The third-order valence-corrected chi connectivity index (χ3v) is 5.33.